The molecule has 4 rings (SSSR count). The molecule has 0 spiro atoms. The lowest BCUT2D eigenvalue weighted by atomic mass is 10.1. The Labute approximate surface area is 143 Å². The van der Waals surface area contributed by atoms with Gasteiger partial charge in [-0.1, -0.05) is 5.16 Å². The summed E-state index contributed by atoms with van der Waals surface area (Å²) in [7, 11) is 0. The Kier molecular flexibility index (Phi) is 3.89. The van der Waals surface area contributed by atoms with Crippen LogP contribution in [-0.2, 0) is 0 Å². The summed E-state index contributed by atoms with van der Waals surface area (Å²) < 4.78 is 9.55. The quantitative estimate of drug-likeness (QED) is 0.781. The molecule has 2 N–H and O–H groups in total. The van der Waals surface area contributed by atoms with Gasteiger partial charge in [0, 0.05) is 24.8 Å². The van der Waals surface area contributed by atoms with Crippen LogP contribution in [0.15, 0.2) is 22.9 Å². The minimum Gasteiger partial charge on any atom is -0.396 e. The number of nitrogens with zero attached hydrogens (tertiary/aromatic N) is 5. The average molecular weight is 342 g/mol. The number of pyridine rings is 1. The van der Waals surface area contributed by atoms with Crippen molar-refractivity contribution in [3.63, 3.8) is 0 Å². The van der Waals surface area contributed by atoms with Crippen LogP contribution < -0.4 is 10.6 Å². The molecule has 0 radical (unpaired) electrons. The van der Waals surface area contributed by atoms with Crippen LogP contribution in [0.25, 0.3) is 22.2 Å². The van der Waals surface area contributed by atoms with Gasteiger partial charge in [-0.05, 0) is 49.9 Å². The van der Waals surface area contributed by atoms with E-state index in [2.05, 4.69) is 24.4 Å². The average Bonchev–Trinajstić information content (AvgIpc) is 3.24. The van der Waals surface area contributed by atoms with Crippen molar-refractivity contribution in [3.8, 4) is 22.2 Å². The van der Waals surface area contributed by atoms with Gasteiger partial charge in [0.05, 0.1) is 11.4 Å². The summed E-state index contributed by atoms with van der Waals surface area (Å²) in [6, 6.07) is 3.99. The van der Waals surface area contributed by atoms with E-state index in [1.165, 1.54) is 30.8 Å². The van der Waals surface area contributed by atoms with Crippen LogP contribution in [0.5, 0.6) is 0 Å². The molecule has 0 saturated carbocycles. The third-order valence-electron chi connectivity index (χ3n) is 4.21. The zero-order chi connectivity index (χ0) is 16.5. The van der Waals surface area contributed by atoms with Crippen LogP contribution in [0.1, 0.15) is 25.0 Å². The highest BCUT2D eigenvalue weighted by Crippen LogP contribution is 2.32. The van der Waals surface area contributed by atoms with Gasteiger partial charge in [0.1, 0.15) is 10.7 Å². The highest BCUT2D eigenvalue weighted by atomic mass is 32.1. The predicted molar refractivity (Wildman–Crippen MR) is 93.9 cm³/mol. The molecule has 1 saturated heterocycles. The summed E-state index contributed by atoms with van der Waals surface area (Å²) >= 11 is 1.27. The molecular weight excluding hydrogens is 324 g/mol. The standard InChI is InChI=1S/C16H18N6OS/c1-10-13(17)14(24-21-10)16-19-15(20-23-16)11-5-6-12(18-9-11)22-7-3-2-4-8-22/h5-6,9H,2-4,7-8,17H2,1H3. The molecule has 1 fully saturated rings. The lowest BCUT2D eigenvalue weighted by molar-refractivity contribution is 0.433. The maximum absolute atomic E-state index is 5.99. The third kappa shape index (κ3) is 2.73. The monoisotopic (exact) mass is 342 g/mol. The van der Waals surface area contributed by atoms with Crippen LogP contribution in [0.2, 0.25) is 0 Å². The molecule has 24 heavy (non-hydrogen) atoms. The van der Waals surface area contributed by atoms with Crippen molar-refractivity contribution in [3.05, 3.63) is 24.0 Å². The van der Waals surface area contributed by atoms with Gasteiger partial charge in [-0.25, -0.2) is 4.98 Å². The van der Waals surface area contributed by atoms with E-state index in [9.17, 15) is 0 Å². The molecule has 0 aliphatic carbocycles. The van der Waals surface area contributed by atoms with Crippen molar-refractivity contribution in [1.82, 2.24) is 19.5 Å². The topological polar surface area (TPSA) is 94.0 Å². The summed E-state index contributed by atoms with van der Waals surface area (Å²) in [5.41, 5.74) is 8.18. The van der Waals surface area contributed by atoms with Gasteiger partial charge in [-0.2, -0.15) is 9.36 Å². The molecule has 1 aliphatic heterocycles. The fourth-order valence-electron chi connectivity index (χ4n) is 2.79. The van der Waals surface area contributed by atoms with Crippen LogP contribution >= 0.6 is 11.5 Å². The first-order valence-corrected chi connectivity index (χ1v) is 8.77. The molecule has 1 aliphatic rings. The molecule has 0 atom stereocenters. The van der Waals surface area contributed by atoms with Gasteiger partial charge < -0.3 is 15.2 Å². The van der Waals surface area contributed by atoms with Crippen LogP contribution in [-0.4, -0.2) is 32.6 Å². The number of hydrogen-bond acceptors (Lipinski definition) is 8. The molecule has 0 amide bonds. The largest absolute Gasteiger partial charge is 0.396 e. The van der Waals surface area contributed by atoms with E-state index in [0.29, 0.717) is 22.3 Å². The molecule has 0 unspecified atom stereocenters. The molecular formula is C16H18N6OS. The van der Waals surface area contributed by atoms with Gasteiger partial charge in [-0.3, -0.25) is 0 Å². The number of piperidine rings is 1. The first-order valence-electron chi connectivity index (χ1n) is 7.99. The highest BCUT2D eigenvalue weighted by molar-refractivity contribution is 7.10. The summed E-state index contributed by atoms with van der Waals surface area (Å²) in [5, 5.41) is 4.04. The smallest absolute Gasteiger partial charge is 0.272 e. The van der Waals surface area contributed by atoms with Gasteiger partial charge in [0.25, 0.3) is 5.89 Å². The van der Waals surface area contributed by atoms with Crippen molar-refractivity contribution in [2.24, 2.45) is 0 Å². The predicted octanol–water partition coefficient (Wildman–Crippen LogP) is 3.14. The number of nitrogens with two attached hydrogens (primary N) is 1. The second-order valence-corrected chi connectivity index (χ2v) is 6.66. The van der Waals surface area contributed by atoms with Crippen LogP contribution in [0.3, 0.4) is 0 Å². The fraction of sp³-hybridized carbons (Fsp3) is 0.375. The Morgan fingerprint density at radius 1 is 1.21 bits per heavy atom. The normalized spacial score (nSPS) is 15.0. The highest BCUT2D eigenvalue weighted by Gasteiger charge is 2.18. The first-order chi connectivity index (χ1) is 11.7. The Bertz CT molecular complexity index is 835. The first kappa shape index (κ1) is 15.1. The number of anilines is 2. The van der Waals surface area contributed by atoms with Crippen molar-refractivity contribution < 1.29 is 4.52 Å². The number of hydrogen-bond donors (Lipinski definition) is 1. The van der Waals surface area contributed by atoms with Crippen molar-refractivity contribution in [2.45, 2.75) is 26.2 Å². The summed E-state index contributed by atoms with van der Waals surface area (Å²) in [6.45, 7) is 4.00. The maximum Gasteiger partial charge on any atom is 0.272 e. The van der Waals surface area contributed by atoms with E-state index in [-0.39, 0.29) is 0 Å². The molecule has 8 heteroatoms. The summed E-state index contributed by atoms with van der Waals surface area (Å²) in [5.74, 6) is 1.91. The second-order valence-electron chi connectivity index (χ2n) is 5.89. The minimum absolute atomic E-state index is 0.396. The van der Waals surface area contributed by atoms with E-state index in [0.717, 1.165) is 30.2 Å². The van der Waals surface area contributed by atoms with E-state index < -0.39 is 0 Å². The SMILES string of the molecule is Cc1nsc(-c2nc(-c3ccc(N4CCCCC4)nc3)no2)c1N. The van der Waals surface area contributed by atoms with Gasteiger partial charge in [0.15, 0.2) is 0 Å². The molecule has 124 valence electrons. The zero-order valence-corrected chi connectivity index (χ0v) is 14.2. The van der Waals surface area contributed by atoms with Crippen molar-refractivity contribution in [1.29, 1.82) is 0 Å². The van der Waals surface area contributed by atoms with E-state index in [1.807, 2.05) is 19.1 Å². The third-order valence-corrected chi connectivity index (χ3v) is 5.16. The molecule has 3 aromatic rings. The van der Waals surface area contributed by atoms with Crippen molar-refractivity contribution in [2.75, 3.05) is 23.7 Å². The Morgan fingerprint density at radius 2 is 2.04 bits per heavy atom. The maximum atomic E-state index is 5.99. The number of aromatic nitrogens is 4. The lowest BCUT2D eigenvalue weighted by Gasteiger charge is -2.27. The van der Waals surface area contributed by atoms with E-state index in [1.54, 1.807) is 6.20 Å². The van der Waals surface area contributed by atoms with Gasteiger partial charge in [0.2, 0.25) is 5.82 Å². The number of aryl methyl sites for hydroxylation is 1. The minimum atomic E-state index is 0.396. The molecule has 0 bridgehead atoms. The van der Waals surface area contributed by atoms with Crippen LogP contribution in [0.4, 0.5) is 11.5 Å². The number of rotatable bonds is 3. The van der Waals surface area contributed by atoms with Crippen molar-refractivity contribution >= 4 is 23.0 Å². The zero-order valence-electron chi connectivity index (χ0n) is 13.4. The molecule has 7 nitrogen and oxygen atoms in total. The molecule has 4 heterocycles. The number of nitrogen functional groups attached to an aromatic ring is 1. The molecule has 0 aromatic carbocycles. The fourth-order valence-corrected chi connectivity index (χ4v) is 3.53. The van der Waals surface area contributed by atoms with Gasteiger partial charge in [-0.15, -0.1) is 0 Å². The van der Waals surface area contributed by atoms with E-state index >= 15 is 0 Å². The Balaban J connectivity index is 1.57. The second kappa shape index (κ2) is 6.20. The lowest BCUT2D eigenvalue weighted by Crippen LogP contribution is -2.29. The summed E-state index contributed by atoms with van der Waals surface area (Å²) in [4.78, 5) is 12.0. The van der Waals surface area contributed by atoms with E-state index in [4.69, 9.17) is 10.3 Å². The summed E-state index contributed by atoms with van der Waals surface area (Å²) in [6.07, 6.45) is 5.56. The Hall–Kier alpha value is -2.48. The molecule has 3 aromatic heterocycles. The van der Waals surface area contributed by atoms with Gasteiger partial charge >= 0.3 is 0 Å². The van der Waals surface area contributed by atoms with Crippen LogP contribution in [0, 0.1) is 6.92 Å². The Morgan fingerprint density at radius 3 is 2.71 bits per heavy atom.